The molecule has 0 spiro atoms. The van der Waals surface area contributed by atoms with Crippen molar-refractivity contribution < 1.29 is 14.3 Å². The first-order valence-electron chi connectivity index (χ1n) is 7.85. The van der Waals surface area contributed by atoms with Gasteiger partial charge in [-0.05, 0) is 17.7 Å². The van der Waals surface area contributed by atoms with Crippen LogP contribution in [-0.4, -0.2) is 40.9 Å². The molecule has 1 N–H and O–H groups in total. The molecule has 3 rings (SSSR count). The Bertz CT molecular complexity index is 789. The molecular formula is C17H19ClN4O3. The molecule has 0 radical (unpaired) electrons. The third kappa shape index (κ3) is 3.25. The van der Waals surface area contributed by atoms with Gasteiger partial charge in [-0.3, -0.25) is 14.8 Å². The molecule has 1 aromatic carbocycles. The first-order chi connectivity index (χ1) is 12.0. The molecule has 25 heavy (non-hydrogen) atoms. The Morgan fingerprint density at radius 2 is 2.12 bits per heavy atom. The Balaban J connectivity index is 1.83. The fourth-order valence-electron chi connectivity index (χ4n) is 2.97. The summed E-state index contributed by atoms with van der Waals surface area (Å²) in [4.78, 5) is 27.0. The smallest absolute Gasteiger partial charge is 0.336 e. The predicted molar refractivity (Wildman–Crippen MR) is 93.2 cm³/mol. The second-order valence-electron chi connectivity index (χ2n) is 5.96. The van der Waals surface area contributed by atoms with Crippen molar-refractivity contribution in [1.29, 1.82) is 0 Å². The second kappa shape index (κ2) is 6.85. The van der Waals surface area contributed by atoms with Gasteiger partial charge in [-0.2, -0.15) is 5.10 Å². The molecule has 1 atom stereocenters. The molecule has 1 aliphatic heterocycles. The van der Waals surface area contributed by atoms with Gasteiger partial charge < -0.3 is 9.64 Å². The van der Waals surface area contributed by atoms with Gasteiger partial charge in [0, 0.05) is 37.8 Å². The van der Waals surface area contributed by atoms with Crippen LogP contribution in [0.15, 0.2) is 36.7 Å². The van der Waals surface area contributed by atoms with Crippen molar-refractivity contribution in [3.05, 3.63) is 47.2 Å². The van der Waals surface area contributed by atoms with Crippen LogP contribution >= 0.6 is 11.6 Å². The van der Waals surface area contributed by atoms with E-state index in [4.69, 9.17) is 16.3 Å². The Labute approximate surface area is 150 Å². The zero-order valence-corrected chi connectivity index (χ0v) is 14.8. The van der Waals surface area contributed by atoms with Crippen LogP contribution in [0.5, 0.6) is 0 Å². The summed E-state index contributed by atoms with van der Waals surface area (Å²) in [5.74, 6) is -0.917. The number of amides is 1. The van der Waals surface area contributed by atoms with Gasteiger partial charge in [0.2, 0.25) is 0 Å². The molecule has 1 fully saturated rings. The van der Waals surface area contributed by atoms with Gasteiger partial charge in [0.15, 0.2) is 5.54 Å². The molecule has 0 saturated carbocycles. The largest absolute Gasteiger partial charge is 0.467 e. The number of methoxy groups -OCH3 is 1. The van der Waals surface area contributed by atoms with Gasteiger partial charge in [0.1, 0.15) is 0 Å². The average molecular weight is 363 g/mol. The number of hydrogen-bond donors (Lipinski definition) is 1. The fourth-order valence-corrected chi connectivity index (χ4v) is 3.09. The monoisotopic (exact) mass is 362 g/mol. The van der Waals surface area contributed by atoms with E-state index in [1.807, 2.05) is 12.1 Å². The minimum absolute atomic E-state index is 0.320. The fraction of sp³-hybridized carbons (Fsp3) is 0.353. The molecule has 1 aromatic heterocycles. The van der Waals surface area contributed by atoms with E-state index in [0.29, 0.717) is 30.2 Å². The van der Waals surface area contributed by atoms with E-state index in [1.54, 1.807) is 41.2 Å². The number of hydrogen-bond acceptors (Lipinski definition) is 5. The van der Waals surface area contributed by atoms with E-state index in [-0.39, 0.29) is 5.91 Å². The number of benzene rings is 1. The second-order valence-corrected chi connectivity index (χ2v) is 6.39. The van der Waals surface area contributed by atoms with Crippen LogP contribution in [-0.2, 0) is 27.9 Å². The van der Waals surface area contributed by atoms with E-state index in [2.05, 4.69) is 10.4 Å². The van der Waals surface area contributed by atoms with Crippen LogP contribution in [0.25, 0.3) is 0 Å². The molecule has 1 saturated heterocycles. The number of rotatable bonds is 5. The highest BCUT2D eigenvalue weighted by molar-refractivity contribution is 6.30. The number of aryl methyl sites for hydroxylation is 1. The topological polar surface area (TPSA) is 76.5 Å². The molecule has 7 nitrogen and oxygen atoms in total. The normalized spacial score (nSPS) is 20.1. The number of nitrogens with one attached hydrogen (secondary N) is 1. The van der Waals surface area contributed by atoms with Crippen molar-refractivity contribution in [1.82, 2.24) is 15.1 Å². The zero-order chi connectivity index (χ0) is 18.0. The van der Waals surface area contributed by atoms with E-state index in [0.717, 1.165) is 5.56 Å². The highest BCUT2D eigenvalue weighted by Crippen LogP contribution is 2.29. The summed E-state index contributed by atoms with van der Waals surface area (Å²) in [6.07, 6.45) is 3.66. The summed E-state index contributed by atoms with van der Waals surface area (Å²) < 4.78 is 6.53. The number of anilines is 1. The number of esters is 1. The van der Waals surface area contributed by atoms with Gasteiger partial charge in [-0.25, -0.2) is 4.79 Å². The van der Waals surface area contributed by atoms with Crippen molar-refractivity contribution in [2.24, 2.45) is 7.05 Å². The van der Waals surface area contributed by atoms with Crippen LogP contribution in [0.3, 0.4) is 0 Å². The maximum atomic E-state index is 13.0. The van der Waals surface area contributed by atoms with Gasteiger partial charge in [-0.15, -0.1) is 0 Å². The van der Waals surface area contributed by atoms with Gasteiger partial charge in [0.25, 0.3) is 5.91 Å². The number of aromatic nitrogens is 2. The third-order valence-corrected chi connectivity index (χ3v) is 4.62. The maximum Gasteiger partial charge on any atom is 0.336 e. The number of carbonyl (C=O) groups excluding carboxylic acids is 2. The van der Waals surface area contributed by atoms with Crippen molar-refractivity contribution in [2.75, 3.05) is 18.6 Å². The van der Waals surface area contributed by atoms with Gasteiger partial charge >= 0.3 is 5.97 Å². The van der Waals surface area contributed by atoms with Crippen molar-refractivity contribution in [2.45, 2.75) is 18.5 Å². The Hall–Kier alpha value is -2.38. The first-order valence-corrected chi connectivity index (χ1v) is 8.22. The minimum Gasteiger partial charge on any atom is -0.467 e. The van der Waals surface area contributed by atoms with Crippen LogP contribution in [0.2, 0.25) is 5.02 Å². The number of nitrogens with zero attached hydrogens (tertiary/aromatic N) is 3. The summed E-state index contributed by atoms with van der Waals surface area (Å²) in [6.45, 7) is 0.756. The summed E-state index contributed by atoms with van der Waals surface area (Å²) in [6, 6.07) is 7.22. The molecule has 1 unspecified atom stereocenters. The first kappa shape index (κ1) is 17.4. The van der Waals surface area contributed by atoms with Crippen LogP contribution < -0.4 is 10.2 Å². The molecule has 2 heterocycles. The van der Waals surface area contributed by atoms with Crippen LogP contribution in [0.1, 0.15) is 12.0 Å². The quantitative estimate of drug-likeness (QED) is 0.644. The number of halogens is 1. The van der Waals surface area contributed by atoms with E-state index < -0.39 is 11.5 Å². The molecular weight excluding hydrogens is 344 g/mol. The molecule has 0 aliphatic carbocycles. The maximum absolute atomic E-state index is 13.0. The summed E-state index contributed by atoms with van der Waals surface area (Å²) in [5, 5.41) is 7.82. The Morgan fingerprint density at radius 3 is 2.72 bits per heavy atom. The predicted octanol–water partition coefficient (Wildman–Crippen LogP) is 1.51. The van der Waals surface area contributed by atoms with E-state index in [1.165, 1.54) is 7.11 Å². The minimum atomic E-state index is -1.40. The highest BCUT2D eigenvalue weighted by Gasteiger charge is 2.54. The molecule has 1 amide bonds. The van der Waals surface area contributed by atoms with Crippen molar-refractivity contribution in [3.63, 3.8) is 0 Å². The number of ether oxygens (including phenoxy) is 1. The summed E-state index contributed by atoms with van der Waals surface area (Å²) in [7, 11) is 3.06. The van der Waals surface area contributed by atoms with Crippen LogP contribution in [0.4, 0.5) is 5.69 Å². The summed E-state index contributed by atoms with van der Waals surface area (Å²) >= 11 is 5.89. The number of carbonyl (C=O) groups is 2. The molecule has 1 aliphatic rings. The highest BCUT2D eigenvalue weighted by atomic mass is 35.5. The molecule has 132 valence electrons. The lowest BCUT2D eigenvalue weighted by molar-refractivity contribution is -0.152. The third-order valence-electron chi connectivity index (χ3n) is 4.36. The zero-order valence-electron chi connectivity index (χ0n) is 14.0. The van der Waals surface area contributed by atoms with E-state index >= 15 is 0 Å². The lowest BCUT2D eigenvalue weighted by atomic mass is 9.97. The average Bonchev–Trinajstić information content (AvgIpc) is 3.18. The standard InChI is InChI=1S/C17H19ClN4O3/c1-21-11-14(10-20-21)22-8-7-17(15(22)23,16(24)25-2)19-9-12-3-5-13(18)6-4-12/h3-6,10-11,19H,7-9H2,1-2H3. The van der Waals surface area contributed by atoms with Gasteiger partial charge in [0.05, 0.1) is 19.0 Å². The Kier molecular flexibility index (Phi) is 4.78. The van der Waals surface area contributed by atoms with Crippen molar-refractivity contribution in [3.8, 4) is 0 Å². The SMILES string of the molecule is COC(=O)C1(NCc2ccc(Cl)cc2)CCN(c2cnn(C)c2)C1=O. The lowest BCUT2D eigenvalue weighted by Crippen LogP contribution is -2.58. The molecule has 2 aromatic rings. The van der Waals surface area contributed by atoms with Crippen LogP contribution in [0, 0.1) is 0 Å². The summed E-state index contributed by atoms with van der Waals surface area (Å²) in [5.41, 5.74) is 0.177. The lowest BCUT2D eigenvalue weighted by Gasteiger charge is -2.26. The Morgan fingerprint density at radius 1 is 1.40 bits per heavy atom. The van der Waals surface area contributed by atoms with Crippen molar-refractivity contribution >= 4 is 29.2 Å². The molecule has 8 heteroatoms. The molecule has 0 bridgehead atoms. The van der Waals surface area contributed by atoms with Gasteiger partial charge in [-0.1, -0.05) is 23.7 Å². The van der Waals surface area contributed by atoms with E-state index in [9.17, 15) is 9.59 Å².